The number of aryl methyl sites for hydroxylation is 1. The molecule has 0 amide bonds. The monoisotopic (exact) mass is 331 g/mol. The van der Waals surface area contributed by atoms with Crippen LogP contribution in [0.4, 0.5) is 11.6 Å². The van der Waals surface area contributed by atoms with Crippen LogP contribution in [0.1, 0.15) is 5.69 Å². The highest BCUT2D eigenvalue weighted by atomic mass is 16.5. The molecule has 2 aromatic heterocycles. The minimum Gasteiger partial charge on any atom is -0.496 e. The Morgan fingerprint density at radius 3 is 2.60 bits per heavy atom. The fourth-order valence-electron chi connectivity index (χ4n) is 2.73. The molecule has 124 valence electrons. The van der Waals surface area contributed by atoms with Crippen molar-refractivity contribution in [3.63, 3.8) is 0 Å². The Hall–Kier alpha value is -3.41. The van der Waals surface area contributed by atoms with Gasteiger partial charge in [-0.25, -0.2) is 9.97 Å². The highest BCUT2D eigenvalue weighted by Gasteiger charge is 2.13. The Morgan fingerprint density at radius 1 is 1.00 bits per heavy atom. The van der Waals surface area contributed by atoms with Gasteiger partial charge in [-0.3, -0.25) is 5.10 Å². The third-order valence-electron chi connectivity index (χ3n) is 3.90. The molecule has 0 bridgehead atoms. The lowest BCUT2D eigenvalue weighted by Gasteiger charge is -2.11. The van der Waals surface area contributed by atoms with E-state index in [0.29, 0.717) is 17.5 Å². The van der Waals surface area contributed by atoms with Gasteiger partial charge in [-0.15, -0.1) is 0 Å². The van der Waals surface area contributed by atoms with Crippen LogP contribution in [0.3, 0.4) is 0 Å². The summed E-state index contributed by atoms with van der Waals surface area (Å²) >= 11 is 0. The number of para-hydroxylation sites is 2. The van der Waals surface area contributed by atoms with Gasteiger partial charge in [0, 0.05) is 17.1 Å². The molecule has 4 aromatic rings. The van der Waals surface area contributed by atoms with Crippen LogP contribution in [-0.4, -0.2) is 27.3 Å². The van der Waals surface area contributed by atoms with Gasteiger partial charge in [0.05, 0.1) is 18.2 Å². The van der Waals surface area contributed by atoms with Crippen molar-refractivity contribution in [2.75, 3.05) is 12.4 Å². The molecule has 0 aliphatic rings. The zero-order chi connectivity index (χ0) is 17.2. The fourth-order valence-corrected chi connectivity index (χ4v) is 2.73. The maximum absolute atomic E-state index is 5.46. The second-order valence-electron chi connectivity index (χ2n) is 5.67. The van der Waals surface area contributed by atoms with E-state index in [1.165, 1.54) is 0 Å². The second kappa shape index (κ2) is 6.24. The van der Waals surface area contributed by atoms with Gasteiger partial charge in [0.1, 0.15) is 11.6 Å². The lowest BCUT2D eigenvalue weighted by atomic mass is 10.1. The number of benzene rings is 2. The number of aromatic amines is 1. The molecule has 0 spiro atoms. The van der Waals surface area contributed by atoms with Crippen molar-refractivity contribution in [1.29, 1.82) is 0 Å². The van der Waals surface area contributed by atoms with Crippen molar-refractivity contribution in [2.24, 2.45) is 0 Å². The molecule has 0 atom stereocenters. The van der Waals surface area contributed by atoms with Crippen LogP contribution in [0.25, 0.3) is 22.3 Å². The van der Waals surface area contributed by atoms with Gasteiger partial charge in [0.2, 0.25) is 0 Å². The molecule has 4 rings (SSSR count). The maximum Gasteiger partial charge on any atom is 0.165 e. The lowest BCUT2D eigenvalue weighted by molar-refractivity contribution is 0.416. The van der Waals surface area contributed by atoms with Gasteiger partial charge < -0.3 is 10.1 Å². The molecule has 0 radical (unpaired) electrons. The topological polar surface area (TPSA) is 75.7 Å². The van der Waals surface area contributed by atoms with Crippen LogP contribution < -0.4 is 10.1 Å². The zero-order valence-corrected chi connectivity index (χ0v) is 13.9. The molecule has 2 N–H and O–H groups in total. The van der Waals surface area contributed by atoms with E-state index in [1.54, 1.807) is 7.11 Å². The first-order valence-electron chi connectivity index (χ1n) is 7.94. The van der Waals surface area contributed by atoms with Crippen LogP contribution in [0.15, 0.2) is 54.6 Å². The van der Waals surface area contributed by atoms with Crippen molar-refractivity contribution in [3.8, 4) is 17.1 Å². The minimum atomic E-state index is 0.603. The third kappa shape index (κ3) is 2.89. The average molecular weight is 331 g/mol. The predicted octanol–water partition coefficient (Wildman–Crippen LogP) is 4.08. The van der Waals surface area contributed by atoms with Crippen LogP contribution in [0, 0.1) is 6.92 Å². The Morgan fingerprint density at radius 2 is 1.80 bits per heavy atom. The van der Waals surface area contributed by atoms with Crippen molar-refractivity contribution in [3.05, 3.63) is 60.3 Å². The number of hydrogen-bond donors (Lipinski definition) is 2. The molecule has 6 nitrogen and oxygen atoms in total. The minimum absolute atomic E-state index is 0.603. The first-order valence-corrected chi connectivity index (χ1v) is 7.94. The van der Waals surface area contributed by atoms with Crippen LogP contribution >= 0.6 is 0 Å². The van der Waals surface area contributed by atoms with E-state index in [4.69, 9.17) is 14.7 Å². The molecule has 2 heterocycles. The summed E-state index contributed by atoms with van der Waals surface area (Å²) in [7, 11) is 1.64. The molecule has 0 fully saturated rings. The first-order chi connectivity index (χ1) is 12.2. The number of rotatable bonds is 4. The number of hydrogen-bond acceptors (Lipinski definition) is 5. The van der Waals surface area contributed by atoms with Crippen LogP contribution in [0.2, 0.25) is 0 Å². The van der Waals surface area contributed by atoms with Crippen molar-refractivity contribution < 1.29 is 4.74 Å². The molecule has 0 aliphatic carbocycles. The molecule has 0 aliphatic heterocycles. The van der Waals surface area contributed by atoms with E-state index in [1.807, 2.05) is 61.5 Å². The Labute approximate surface area is 144 Å². The van der Waals surface area contributed by atoms with Crippen molar-refractivity contribution in [1.82, 2.24) is 20.2 Å². The summed E-state index contributed by atoms with van der Waals surface area (Å²) in [5.74, 6) is 2.76. The number of nitrogens with zero attached hydrogens (tertiary/aromatic N) is 3. The number of ether oxygens (including phenoxy) is 1. The SMILES string of the molecule is COc1ccccc1-c1nc(Nc2cc(C)[nH]n2)c2ccccc2n1. The van der Waals surface area contributed by atoms with Gasteiger partial charge in [0.25, 0.3) is 0 Å². The third-order valence-corrected chi connectivity index (χ3v) is 3.90. The van der Waals surface area contributed by atoms with Gasteiger partial charge >= 0.3 is 0 Å². The summed E-state index contributed by atoms with van der Waals surface area (Å²) in [6.45, 7) is 1.95. The van der Waals surface area contributed by atoms with E-state index in [2.05, 4.69) is 15.5 Å². The van der Waals surface area contributed by atoms with E-state index in [0.717, 1.165) is 27.9 Å². The summed E-state index contributed by atoms with van der Waals surface area (Å²) in [5, 5.41) is 11.4. The molecule has 6 heteroatoms. The molecule has 2 aromatic carbocycles. The highest BCUT2D eigenvalue weighted by Crippen LogP contribution is 2.31. The number of fused-ring (bicyclic) bond motifs is 1. The quantitative estimate of drug-likeness (QED) is 0.589. The van der Waals surface area contributed by atoms with Gasteiger partial charge in [-0.2, -0.15) is 5.10 Å². The highest BCUT2D eigenvalue weighted by molar-refractivity contribution is 5.92. The van der Waals surface area contributed by atoms with E-state index in [9.17, 15) is 0 Å². The lowest BCUT2D eigenvalue weighted by Crippen LogP contribution is -2.00. The molecule has 0 unspecified atom stereocenters. The predicted molar refractivity (Wildman–Crippen MR) is 98.1 cm³/mol. The maximum atomic E-state index is 5.46. The van der Waals surface area contributed by atoms with E-state index >= 15 is 0 Å². The Kier molecular flexibility index (Phi) is 3.78. The molecule has 0 saturated carbocycles. The Bertz CT molecular complexity index is 1040. The zero-order valence-electron chi connectivity index (χ0n) is 13.9. The normalized spacial score (nSPS) is 10.8. The summed E-state index contributed by atoms with van der Waals surface area (Å²) < 4.78 is 5.46. The summed E-state index contributed by atoms with van der Waals surface area (Å²) in [6.07, 6.45) is 0. The van der Waals surface area contributed by atoms with Gasteiger partial charge in [-0.05, 0) is 31.2 Å². The van der Waals surface area contributed by atoms with Crippen LogP contribution in [-0.2, 0) is 0 Å². The fraction of sp³-hybridized carbons (Fsp3) is 0.105. The second-order valence-corrected chi connectivity index (χ2v) is 5.67. The summed E-state index contributed by atoms with van der Waals surface area (Å²) in [5.41, 5.74) is 2.68. The number of aromatic nitrogens is 4. The van der Waals surface area contributed by atoms with Crippen LogP contribution in [0.5, 0.6) is 5.75 Å². The van der Waals surface area contributed by atoms with E-state index < -0.39 is 0 Å². The molecular weight excluding hydrogens is 314 g/mol. The van der Waals surface area contributed by atoms with Gasteiger partial charge in [0.15, 0.2) is 11.6 Å². The number of anilines is 2. The van der Waals surface area contributed by atoms with Crippen molar-refractivity contribution in [2.45, 2.75) is 6.92 Å². The number of methoxy groups -OCH3 is 1. The van der Waals surface area contributed by atoms with Crippen molar-refractivity contribution >= 4 is 22.5 Å². The molecule has 25 heavy (non-hydrogen) atoms. The Balaban J connectivity index is 1.89. The summed E-state index contributed by atoms with van der Waals surface area (Å²) in [4.78, 5) is 9.43. The molecular formula is C19H17N5O. The number of nitrogens with one attached hydrogen (secondary N) is 2. The largest absolute Gasteiger partial charge is 0.496 e. The van der Waals surface area contributed by atoms with E-state index in [-0.39, 0.29) is 0 Å². The average Bonchev–Trinajstić information content (AvgIpc) is 3.06. The summed E-state index contributed by atoms with van der Waals surface area (Å²) in [6, 6.07) is 17.5. The standard InChI is InChI=1S/C19H17N5O/c1-12-11-17(24-23-12)21-18-13-7-3-5-9-15(13)20-19(22-18)14-8-4-6-10-16(14)25-2/h3-11H,1-2H3,(H2,20,21,22,23,24). The first kappa shape index (κ1) is 15.1. The van der Waals surface area contributed by atoms with Gasteiger partial charge in [-0.1, -0.05) is 24.3 Å². The smallest absolute Gasteiger partial charge is 0.165 e. The number of H-pyrrole nitrogens is 1. The molecule has 0 saturated heterocycles.